The molecule has 1 aromatic heterocycles. The molecule has 0 N–H and O–H groups in total. The Morgan fingerprint density at radius 3 is 2.52 bits per heavy atom. The van der Waals surface area contributed by atoms with Crippen molar-refractivity contribution in [2.45, 2.75) is 31.0 Å². The van der Waals surface area contributed by atoms with E-state index in [1.807, 2.05) is 24.8 Å². The third-order valence-electron chi connectivity index (χ3n) is 4.99. The number of benzene rings is 1. The highest BCUT2D eigenvalue weighted by Crippen LogP contribution is 2.30. The Morgan fingerprint density at radius 2 is 1.90 bits per heavy atom. The molecule has 0 saturated carbocycles. The first-order valence-corrected chi connectivity index (χ1v) is 11.1. The molecule has 0 aliphatic carbocycles. The van der Waals surface area contributed by atoms with Gasteiger partial charge in [0.1, 0.15) is 5.69 Å². The largest absolute Gasteiger partial charge is 0.433 e. The molecule has 1 aromatic carbocycles. The molecule has 29 heavy (non-hydrogen) atoms. The number of nitrogens with zero attached hydrogens (tertiary/aromatic N) is 4. The fraction of sp³-hybridized carbons (Fsp3) is 0.474. The van der Waals surface area contributed by atoms with Crippen molar-refractivity contribution in [2.24, 2.45) is 5.92 Å². The maximum absolute atomic E-state index is 13.0. The van der Waals surface area contributed by atoms with E-state index in [-0.39, 0.29) is 22.8 Å². The monoisotopic (exact) mass is 428 g/mol. The van der Waals surface area contributed by atoms with Gasteiger partial charge in [0.05, 0.1) is 10.9 Å². The van der Waals surface area contributed by atoms with Gasteiger partial charge in [-0.05, 0) is 30.2 Å². The summed E-state index contributed by atoms with van der Waals surface area (Å²) in [5.41, 5.74) is -0.198. The van der Waals surface area contributed by atoms with Crippen LogP contribution in [-0.2, 0) is 16.0 Å². The number of hydrogen-bond donors (Lipinski definition) is 0. The van der Waals surface area contributed by atoms with Crippen molar-refractivity contribution in [3.05, 3.63) is 42.2 Å². The first kappa shape index (κ1) is 21.4. The topological polar surface area (TPSA) is 66.4 Å². The predicted molar refractivity (Wildman–Crippen MR) is 105 cm³/mol. The van der Waals surface area contributed by atoms with E-state index in [0.29, 0.717) is 19.6 Å². The van der Waals surface area contributed by atoms with Crippen LogP contribution in [0.5, 0.6) is 0 Å². The van der Waals surface area contributed by atoms with Gasteiger partial charge in [0.2, 0.25) is 5.95 Å². The van der Waals surface area contributed by atoms with Crippen molar-refractivity contribution in [1.29, 1.82) is 0 Å². The Kier molecular flexibility index (Phi) is 5.75. The average Bonchev–Trinajstić information content (AvgIpc) is 2.66. The first-order valence-electron chi connectivity index (χ1n) is 9.19. The van der Waals surface area contributed by atoms with Gasteiger partial charge >= 0.3 is 6.18 Å². The van der Waals surface area contributed by atoms with Crippen molar-refractivity contribution in [3.8, 4) is 0 Å². The molecule has 1 unspecified atom stereocenters. The summed E-state index contributed by atoms with van der Waals surface area (Å²) in [6.45, 7) is 5.43. The van der Waals surface area contributed by atoms with Gasteiger partial charge < -0.3 is 9.80 Å². The summed E-state index contributed by atoms with van der Waals surface area (Å²) in [7, 11) is -3.33. The number of aromatic nitrogens is 2. The molecule has 1 aliphatic rings. The Balaban J connectivity index is 1.88. The fourth-order valence-corrected chi connectivity index (χ4v) is 4.08. The molecule has 1 saturated heterocycles. The number of sulfone groups is 1. The molecule has 0 spiro atoms. The number of alkyl halides is 3. The van der Waals surface area contributed by atoms with Gasteiger partial charge in [-0.25, -0.2) is 18.4 Å². The Bertz CT molecular complexity index is 979. The average molecular weight is 428 g/mol. The molecule has 1 aliphatic heterocycles. The van der Waals surface area contributed by atoms with E-state index in [1.165, 1.54) is 0 Å². The van der Waals surface area contributed by atoms with E-state index in [4.69, 9.17) is 0 Å². The second-order valence-electron chi connectivity index (χ2n) is 7.46. The van der Waals surface area contributed by atoms with E-state index in [0.717, 1.165) is 24.2 Å². The van der Waals surface area contributed by atoms with E-state index < -0.39 is 21.7 Å². The summed E-state index contributed by atoms with van der Waals surface area (Å²) in [4.78, 5) is 11.9. The van der Waals surface area contributed by atoms with Crippen LogP contribution < -0.4 is 9.80 Å². The number of piperazine rings is 1. The summed E-state index contributed by atoms with van der Waals surface area (Å²) >= 11 is 0. The molecule has 3 rings (SSSR count). The summed E-state index contributed by atoms with van der Waals surface area (Å²) in [5.74, 6) is 0.178. The smallest absolute Gasteiger partial charge is 0.368 e. The third kappa shape index (κ3) is 4.80. The van der Waals surface area contributed by atoms with Crippen LogP contribution in [0.4, 0.5) is 24.8 Å². The molecular weight excluding hydrogens is 405 g/mol. The Morgan fingerprint density at radius 1 is 1.17 bits per heavy atom. The molecule has 1 fully saturated rings. The molecule has 2 heterocycles. The highest BCUT2D eigenvalue weighted by atomic mass is 32.2. The van der Waals surface area contributed by atoms with Crippen LogP contribution in [0.3, 0.4) is 0 Å². The molecule has 10 heteroatoms. The normalized spacial score (nSPS) is 18.4. The van der Waals surface area contributed by atoms with Crippen molar-refractivity contribution in [2.75, 3.05) is 35.7 Å². The van der Waals surface area contributed by atoms with Crippen molar-refractivity contribution >= 4 is 21.5 Å². The first-order chi connectivity index (χ1) is 13.5. The van der Waals surface area contributed by atoms with Gasteiger partial charge in [0.15, 0.2) is 9.84 Å². The van der Waals surface area contributed by atoms with E-state index in [2.05, 4.69) is 9.97 Å². The molecule has 0 radical (unpaired) electrons. The zero-order valence-corrected chi connectivity index (χ0v) is 17.2. The van der Waals surface area contributed by atoms with Gasteiger partial charge in [-0.15, -0.1) is 0 Å². The molecule has 2 aromatic rings. The minimum atomic E-state index is -4.53. The molecule has 158 valence electrons. The Hall–Kier alpha value is -2.36. The lowest BCUT2D eigenvalue weighted by atomic mass is 9.99. The van der Waals surface area contributed by atoms with Crippen LogP contribution in [0, 0.1) is 5.92 Å². The van der Waals surface area contributed by atoms with Crippen LogP contribution in [0.1, 0.15) is 19.5 Å². The summed E-state index contributed by atoms with van der Waals surface area (Å²) in [5, 5.41) is 0. The van der Waals surface area contributed by atoms with E-state index in [9.17, 15) is 21.6 Å². The standard InChI is InChI=1S/C19H23F3N4O2S/c1-13(2)16-12-25(14-5-4-6-15(11-14)29(3,27)28)9-10-26(16)18-23-8-7-17(24-18)19(20,21)22/h4-8,11,13,16H,9-10,12H2,1-3H3. The van der Waals surface area contributed by atoms with Crippen molar-refractivity contribution in [1.82, 2.24) is 9.97 Å². The lowest BCUT2D eigenvalue weighted by Crippen LogP contribution is -2.56. The third-order valence-corrected chi connectivity index (χ3v) is 6.10. The van der Waals surface area contributed by atoms with Gasteiger partial charge in [-0.1, -0.05) is 19.9 Å². The molecule has 6 nitrogen and oxygen atoms in total. The zero-order chi connectivity index (χ0) is 21.4. The van der Waals surface area contributed by atoms with Crippen LogP contribution in [-0.4, -0.2) is 50.3 Å². The van der Waals surface area contributed by atoms with E-state index in [1.54, 1.807) is 23.1 Å². The quantitative estimate of drug-likeness (QED) is 0.745. The molecule has 1 atom stereocenters. The van der Waals surface area contributed by atoms with Gasteiger partial charge in [0, 0.05) is 37.8 Å². The number of halogens is 3. The SMILES string of the molecule is CC(C)C1CN(c2cccc(S(C)(=O)=O)c2)CCN1c1nccc(C(F)(F)F)n1. The van der Waals surface area contributed by atoms with Crippen LogP contribution in [0.15, 0.2) is 41.4 Å². The van der Waals surface area contributed by atoms with E-state index >= 15 is 0 Å². The molecule has 0 bridgehead atoms. The van der Waals surface area contributed by atoms with Gasteiger partial charge in [0.25, 0.3) is 0 Å². The Labute approximate surface area is 168 Å². The van der Waals surface area contributed by atoms with Gasteiger partial charge in [-0.3, -0.25) is 0 Å². The maximum Gasteiger partial charge on any atom is 0.433 e. The molecule has 0 amide bonds. The number of hydrogen-bond acceptors (Lipinski definition) is 6. The minimum absolute atomic E-state index is 0.0584. The zero-order valence-electron chi connectivity index (χ0n) is 16.4. The predicted octanol–water partition coefficient (Wildman–Crippen LogP) is 3.25. The second-order valence-corrected chi connectivity index (χ2v) is 9.48. The van der Waals surface area contributed by atoms with Crippen LogP contribution >= 0.6 is 0 Å². The minimum Gasteiger partial charge on any atom is -0.368 e. The van der Waals surface area contributed by atoms with Crippen LogP contribution in [0.2, 0.25) is 0 Å². The highest BCUT2D eigenvalue weighted by Gasteiger charge is 2.35. The summed E-state index contributed by atoms with van der Waals surface area (Å²) < 4.78 is 62.8. The summed E-state index contributed by atoms with van der Waals surface area (Å²) in [6.07, 6.45) is -2.24. The van der Waals surface area contributed by atoms with Crippen LogP contribution in [0.25, 0.3) is 0 Å². The lowest BCUT2D eigenvalue weighted by molar-refractivity contribution is -0.141. The van der Waals surface area contributed by atoms with Crippen molar-refractivity contribution < 1.29 is 21.6 Å². The van der Waals surface area contributed by atoms with Crippen molar-refractivity contribution in [3.63, 3.8) is 0 Å². The van der Waals surface area contributed by atoms with Gasteiger partial charge in [-0.2, -0.15) is 13.2 Å². The maximum atomic E-state index is 13.0. The molecular formula is C19H23F3N4O2S. The number of anilines is 2. The second kappa shape index (κ2) is 7.81. The number of rotatable bonds is 4. The highest BCUT2D eigenvalue weighted by molar-refractivity contribution is 7.90. The summed E-state index contributed by atoms with van der Waals surface area (Å²) in [6, 6.07) is 7.44. The fourth-order valence-electron chi connectivity index (χ4n) is 3.42. The lowest BCUT2D eigenvalue weighted by Gasteiger charge is -2.44.